The molecule has 3 atom stereocenters. The van der Waals surface area contributed by atoms with Gasteiger partial charge >= 0.3 is 0 Å². The van der Waals surface area contributed by atoms with Gasteiger partial charge in [0.2, 0.25) is 15.9 Å². The number of rotatable bonds is 8. The zero-order valence-electron chi connectivity index (χ0n) is 20.7. The van der Waals surface area contributed by atoms with Crippen LogP contribution in [0, 0.1) is 5.92 Å². The zero-order valence-corrected chi connectivity index (χ0v) is 21.5. The van der Waals surface area contributed by atoms with Crippen LogP contribution in [0.4, 0.5) is 0 Å². The number of hydrogen-bond donors (Lipinski definition) is 1. The van der Waals surface area contributed by atoms with Crippen LogP contribution in [0.3, 0.4) is 0 Å². The fraction of sp³-hybridized carbons (Fsp3) is 0.440. The van der Waals surface area contributed by atoms with Gasteiger partial charge in [0.15, 0.2) is 0 Å². The highest BCUT2D eigenvalue weighted by molar-refractivity contribution is 7.89. The van der Waals surface area contributed by atoms with Gasteiger partial charge in [-0.1, -0.05) is 19.1 Å². The Labute approximate surface area is 207 Å². The highest BCUT2D eigenvalue weighted by atomic mass is 32.2. The second-order valence-corrected chi connectivity index (χ2v) is 10.8. The van der Waals surface area contributed by atoms with Gasteiger partial charge in [0.25, 0.3) is 5.91 Å². The van der Waals surface area contributed by atoms with E-state index >= 15 is 0 Å². The van der Waals surface area contributed by atoms with E-state index in [0.29, 0.717) is 5.75 Å². The molecular weight excluding hydrogens is 470 g/mol. The van der Waals surface area contributed by atoms with Gasteiger partial charge in [0.1, 0.15) is 17.4 Å². The number of hydrogen-bond acceptors (Lipinski definition) is 7. The highest BCUT2D eigenvalue weighted by Gasteiger charge is 2.35. The molecule has 0 spiro atoms. The number of aliphatic hydroxyl groups is 1. The van der Waals surface area contributed by atoms with E-state index in [1.165, 1.54) is 30.6 Å². The second-order valence-electron chi connectivity index (χ2n) is 8.71. The maximum absolute atomic E-state index is 13.4. The number of carbonyl (C=O) groups is 1. The lowest BCUT2D eigenvalue weighted by Crippen LogP contribution is -2.50. The Kier molecular flexibility index (Phi) is 8.52. The number of allylic oxidation sites excluding steroid dienone is 1. The first-order chi connectivity index (χ1) is 16.6. The average Bonchev–Trinajstić information content (AvgIpc) is 2.86. The lowest BCUT2D eigenvalue weighted by Gasteiger charge is -2.37. The van der Waals surface area contributed by atoms with Crippen molar-refractivity contribution < 1.29 is 27.8 Å². The molecule has 2 aromatic rings. The number of fused-ring (bicyclic) bond motifs is 1. The fourth-order valence-electron chi connectivity index (χ4n) is 3.90. The van der Waals surface area contributed by atoms with Gasteiger partial charge in [0, 0.05) is 25.7 Å². The Balaban J connectivity index is 1.95. The fourth-order valence-corrected chi connectivity index (χ4v) is 5.08. The molecule has 0 bridgehead atoms. The molecule has 1 aliphatic rings. The molecule has 1 aromatic carbocycles. The molecule has 1 amide bonds. The van der Waals surface area contributed by atoms with Gasteiger partial charge < -0.3 is 19.5 Å². The van der Waals surface area contributed by atoms with E-state index in [4.69, 9.17) is 9.47 Å². The smallest absolute Gasteiger partial charge is 0.259 e. The van der Waals surface area contributed by atoms with E-state index in [-0.39, 0.29) is 47.9 Å². The number of ether oxygens (including phenoxy) is 2. The summed E-state index contributed by atoms with van der Waals surface area (Å²) < 4.78 is 39.0. The number of aliphatic hydroxyl groups excluding tert-OH is 1. The van der Waals surface area contributed by atoms with Crippen LogP contribution in [0.1, 0.15) is 36.7 Å². The van der Waals surface area contributed by atoms with E-state index < -0.39 is 22.2 Å². The molecule has 1 aliphatic heterocycles. The van der Waals surface area contributed by atoms with Crippen molar-refractivity contribution >= 4 is 22.0 Å². The molecule has 1 N–H and O–H groups in total. The Morgan fingerprint density at radius 3 is 2.63 bits per heavy atom. The molecule has 3 rings (SSSR count). The highest BCUT2D eigenvalue weighted by Crippen LogP contribution is 2.28. The average molecular weight is 504 g/mol. The summed E-state index contributed by atoms with van der Waals surface area (Å²) in [6.45, 7) is 5.66. The van der Waals surface area contributed by atoms with Crippen LogP contribution in [0.5, 0.6) is 11.6 Å². The quantitative estimate of drug-likeness (QED) is 0.590. The van der Waals surface area contributed by atoms with Crippen molar-refractivity contribution in [2.45, 2.75) is 37.8 Å². The zero-order chi connectivity index (χ0) is 25.8. The minimum atomic E-state index is -3.80. The number of likely N-dealkylation sites (N-methyl/N-ethyl adjacent to an activating group) is 1. The van der Waals surface area contributed by atoms with E-state index in [1.54, 1.807) is 36.2 Å². The van der Waals surface area contributed by atoms with Crippen molar-refractivity contribution in [2.24, 2.45) is 5.92 Å². The van der Waals surface area contributed by atoms with E-state index in [0.717, 1.165) is 5.56 Å². The number of aromatic nitrogens is 1. The molecule has 0 saturated heterocycles. The van der Waals surface area contributed by atoms with Crippen molar-refractivity contribution in [1.29, 1.82) is 0 Å². The van der Waals surface area contributed by atoms with E-state index in [9.17, 15) is 18.3 Å². The van der Waals surface area contributed by atoms with Gasteiger partial charge in [-0.25, -0.2) is 13.4 Å². The Morgan fingerprint density at radius 2 is 2.03 bits per heavy atom. The van der Waals surface area contributed by atoms with Crippen molar-refractivity contribution in [3.63, 3.8) is 0 Å². The van der Waals surface area contributed by atoms with Crippen LogP contribution < -0.4 is 9.47 Å². The summed E-state index contributed by atoms with van der Waals surface area (Å²) >= 11 is 0. The largest absolute Gasteiger partial charge is 0.497 e. The van der Waals surface area contributed by atoms with Crippen molar-refractivity contribution in [2.75, 3.05) is 33.9 Å². The Bertz CT molecular complexity index is 1170. The third-order valence-electron chi connectivity index (χ3n) is 6.11. The summed E-state index contributed by atoms with van der Waals surface area (Å²) in [5.41, 5.74) is 1.02. The Morgan fingerprint density at radius 1 is 1.34 bits per heavy atom. The molecule has 2 heterocycles. The minimum absolute atomic E-state index is 0.0444. The number of sulfonamides is 1. The summed E-state index contributed by atoms with van der Waals surface area (Å²) in [6, 6.07) is 7.46. The Hall–Kier alpha value is -2.95. The SMILES string of the molecule is C/C=C/c1cnc2c(c1)C(=O)N([C@H](C)CO)C[C@H](C)[C@@H](CN(C)S(=O)(=O)c1ccc(OC)cc1)O2. The second kappa shape index (κ2) is 11.2. The molecule has 0 unspecified atom stereocenters. The lowest BCUT2D eigenvalue weighted by molar-refractivity contribution is 0.0373. The molecule has 35 heavy (non-hydrogen) atoms. The van der Waals surface area contributed by atoms with Gasteiger partial charge in [0.05, 0.1) is 31.2 Å². The monoisotopic (exact) mass is 503 g/mol. The maximum atomic E-state index is 13.4. The number of carbonyl (C=O) groups excluding carboxylic acids is 1. The number of nitrogens with zero attached hydrogens (tertiary/aromatic N) is 3. The molecule has 190 valence electrons. The standard InChI is InChI=1S/C25H33N3O6S/c1-6-7-19-12-22-24(26-13-19)34-23(17(2)14-28(25(22)30)18(3)16-29)15-27(4)35(31,32)21-10-8-20(33-5)9-11-21/h6-13,17-18,23,29H,14-16H2,1-5H3/b7-6+/t17-,18+,23+/m0/s1. The molecule has 1 aromatic heterocycles. The lowest BCUT2D eigenvalue weighted by atomic mass is 10.00. The molecule has 0 saturated carbocycles. The van der Waals surface area contributed by atoms with E-state index in [2.05, 4.69) is 4.98 Å². The summed E-state index contributed by atoms with van der Waals surface area (Å²) in [5.74, 6) is 0.174. The van der Waals surface area contributed by atoms with Crippen LogP contribution in [-0.2, 0) is 10.0 Å². The van der Waals surface area contributed by atoms with Crippen LogP contribution in [0.25, 0.3) is 6.08 Å². The van der Waals surface area contributed by atoms with E-state index in [1.807, 2.05) is 26.0 Å². The number of pyridine rings is 1. The summed E-state index contributed by atoms with van der Waals surface area (Å²) in [6.07, 6.45) is 4.69. The topological polar surface area (TPSA) is 109 Å². The van der Waals surface area contributed by atoms with Gasteiger partial charge in [-0.2, -0.15) is 4.31 Å². The first-order valence-electron chi connectivity index (χ1n) is 11.4. The summed E-state index contributed by atoms with van der Waals surface area (Å²) in [7, 11) is -0.784. The van der Waals surface area contributed by atoms with Crippen LogP contribution in [0.15, 0.2) is 47.5 Å². The summed E-state index contributed by atoms with van der Waals surface area (Å²) in [4.78, 5) is 19.5. The van der Waals surface area contributed by atoms with Gasteiger partial charge in [-0.3, -0.25) is 4.79 Å². The van der Waals surface area contributed by atoms with Crippen LogP contribution in [-0.4, -0.2) is 79.6 Å². The first-order valence-corrected chi connectivity index (χ1v) is 12.9. The molecule has 0 radical (unpaired) electrons. The maximum Gasteiger partial charge on any atom is 0.259 e. The summed E-state index contributed by atoms with van der Waals surface area (Å²) in [5, 5.41) is 9.77. The van der Waals surface area contributed by atoms with Crippen LogP contribution in [0.2, 0.25) is 0 Å². The number of benzene rings is 1. The van der Waals surface area contributed by atoms with Crippen molar-refractivity contribution in [3.8, 4) is 11.6 Å². The molecular formula is C25H33N3O6S. The molecule has 10 heteroatoms. The van der Waals surface area contributed by atoms with Crippen molar-refractivity contribution in [3.05, 3.63) is 53.7 Å². The molecule has 0 fully saturated rings. The predicted molar refractivity (Wildman–Crippen MR) is 133 cm³/mol. The number of amides is 1. The predicted octanol–water partition coefficient (Wildman–Crippen LogP) is 2.66. The van der Waals surface area contributed by atoms with Gasteiger partial charge in [-0.15, -0.1) is 0 Å². The van der Waals surface area contributed by atoms with Crippen molar-refractivity contribution in [1.82, 2.24) is 14.2 Å². The van der Waals surface area contributed by atoms with Gasteiger partial charge in [-0.05, 0) is 49.7 Å². The molecule has 0 aliphatic carbocycles. The first kappa shape index (κ1) is 26.7. The third-order valence-corrected chi connectivity index (χ3v) is 7.94. The number of methoxy groups -OCH3 is 1. The molecule has 9 nitrogen and oxygen atoms in total. The normalized spacial score (nSPS) is 19.7. The minimum Gasteiger partial charge on any atom is -0.497 e. The van der Waals surface area contributed by atoms with Crippen LogP contribution >= 0.6 is 0 Å². The third kappa shape index (κ3) is 5.83.